The van der Waals surface area contributed by atoms with Crippen LogP contribution in [0.2, 0.25) is 0 Å². The summed E-state index contributed by atoms with van der Waals surface area (Å²) in [5, 5.41) is 0. The highest BCUT2D eigenvalue weighted by molar-refractivity contribution is 5.26. The van der Waals surface area contributed by atoms with Gasteiger partial charge in [0.1, 0.15) is 0 Å². The molecule has 2 heteroatoms. The Kier molecular flexibility index (Phi) is 9.32. The smallest absolute Gasteiger partial charge is 0.0572 e. The van der Waals surface area contributed by atoms with Crippen LogP contribution < -0.4 is 5.73 Å². The van der Waals surface area contributed by atoms with Gasteiger partial charge in [-0.25, -0.2) is 0 Å². The van der Waals surface area contributed by atoms with Crippen molar-refractivity contribution in [1.29, 1.82) is 0 Å². The summed E-state index contributed by atoms with van der Waals surface area (Å²) in [5.74, 6) is 0. The highest BCUT2D eigenvalue weighted by atomic mass is 16.5. The predicted molar refractivity (Wildman–Crippen MR) is 107 cm³/mol. The topological polar surface area (TPSA) is 35.2 Å². The van der Waals surface area contributed by atoms with Gasteiger partial charge in [-0.05, 0) is 61.6 Å². The zero-order valence-corrected chi connectivity index (χ0v) is 15.6. The van der Waals surface area contributed by atoms with E-state index in [0.717, 1.165) is 38.7 Å². The van der Waals surface area contributed by atoms with Gasteiger partial charge in [0.15, 0.2) is 0 Å². The molecule has 0 saturated heterocycles. The standard InChI is InChI=1S/C23H33NO/c1-2-23(17-10-16-21-14-6-7-15-22(21)19-24)25-18-9-8-13-20-11-4-3-5-12-20/h3-7,11-12,14-15,23H,2,8-10,13,16-19,24H2,1H3. The van der Waals surface area contributed by atoms with Gasteiger partial charge in [-0.3, -0.25) is 0 Å². The molecule has 2 aromatic rings. The normalized spacial score (nSPS) is 12.2. The van der Waals surface area contributed by atoms with E-state index in [0.29, 0.717) is 12.6 Å². The van der Waals surface area contributed by atoms with Gasteiger partial charge >= 0.3 is 0 Å². The molecule has 2 N–H and O–H groups in total. The molecule has 2 nitrogen and oxygen atoms in total. The summed E-state index contributed by atoms with van der Waals surface area (Å²) < 4.78 is 6.10. The Bertz CT molecular complexity index is 582. The first-order chi connectivity index (χ1) is 12.3. The van der Waals surface area contributed by atoms with E-state index in [-0.39, 0.29) is 0 Å². The molecule has 1 unspecified atom stereocenters. The van der Waals surface area contributed by atoms with Crippen molar-refractivity contribution < 1.29 is 4.74 Å². The third kappa shape index (κ3) is 7.41. The molecule has 0 amide bonds. The summed E-state index contributed by atoms with van der Waals surface area (Å²) in [6, 6.07) is 19.2. The largest absolute Gasteiger partial charge is 0.378 e. The van der Waals surface area contributed by atoms with E-state index in [9.17, 15) is 0 Å². The number of rotatable bonds is 12. The van der Waals surface area contributed by atoms with Crippen molar-refractivity contribution in [2.75, 3.05) is 6.61 Å². The highest BCUT2D eigenvalue weighted by Crippen LogP contribution is 2.15. The molecule has 2 rings (SSSR count). The maximum absolute atomic E-state index is 6.10. The Labute approximate surface area is 153 Å². The minimum atomic E-state index is 0.391. The molecule has 0 aliphatic carbocycles. The van der Waals surface area contributed by atoms with E-state index in [1.807, 2.05) is 0 Å². The molecule has 0 heterocycles. The molecule has 0 bridgehead atoms. The molecule has 0 spiro atoms. The average Bonchev–Trinajstić information content (AvgIpc) is 2.67. The number of nitrogens with two attached hydrogens (primary N) is 1. The molecule has 0 aliphatic heterocycles. The number of hydrogen-bond donors (Lipinski definition) is 1. The van der Waals surface area contributed by atoms with E-state index in [1.54, 1.807) is 0 Å². The van der Waals surface area contributed by atoms with Crippen molar-refractivity contribution in [1.82, 2.24) is 0 Å². The van der Waals surface area contributed by atoms with Crippen LogP contribution in [0.1, 0.15) is 55.7 Å². The first kappa shape index (κ1) is 19.7. The van der Waals surface area contributed by atoms with Gasteiger partial charge < -0.3 is 10.5 Å². The van der Waals surface area contributed by atoms with Crippen LogP contribution in [0.5, 0.6) is 0 Å². The monoisotopic (exact) mass is 339 g/mol. The third-order valence-electron chi connectivity index (χ3n) is 4.82. The summed E-state index contributed by atoms with van der Waals surface area (Å²) in [7, 11) is 0. The van der Waals surface area contributed by atoms with Crippen molar-refractivity contribution >= 4 is 0 Å². The van der Waals surface area contributed by atoms with E-state index in [1.165, 1.54) is 29.5 Å². The Morgan fingerprint density at radius 1 is 0.840 bits per heavy atom. The van der Waals surface area contributed by atoms with Crippen LogP contribution in [0.25, 0.3) is 0 Å². The van der Waals surface area contributed by atoms with Crippen LogP contribution >= 0.6 is 0 Å². The van der Waals surface area contributed by atoms with Crippen LogP contribution in [-0.4, -0.2) is 12.7 Å². The molecule has 136 valence electrons. The lowest BCUT2D eigenvalue weighted by atomic mass is 10.00. The number of hydrogen-bond acceptors (Lipinski definition) is 2. The summed E-state index contributed by atoms with van der Waals surface area (Å²) in [4.78, 5) is 0. The maximum atomic E-state index is 6.10. The number of benzene rings is 2. The van der Waals surface area contributed by atoms with Gasteiger partial charge in [-0.2, -0.15) is 0 Å². The first-order valence-electron chi connectivity index (χ1n) is 9.75. The number of aryl methyl sites for hydroxylation is 2. The second-order valence-electron chi connectivity index (χ2n) is 6.71. The van der Waals surface area contributed by atoms with Crippen LogP contribution in [0, 0.1) is 0 Å². The number of unbranched alkanes of at least 4 members (excludes halogenated alkanes) is 1. The van der Waals surface area contributed by atoms with Gasteiger partial charge in [-0.15, -0.1) is 0 Å². The first-order valence-corrected chi connectivity index (χ1v) is 9.75. The average molecular weight is 340 g/mol. The summed E-state index contributed by atoms with van der Waals surface area (Å²) in [6.45, 7) is 3.73. The van der Waals surface area contributed by atoms with Gasteiger partial charge in [0, 0.05) is 13.2 Å². The van der Waals surface area contributed by atoms with Crippen molar-refractivity contribution in [3.8, 4) is 0 Å². The van der Waals surface area contributed by atoms with Crippen LogP contribution in [0.4, 0.5) is 0 Å². The molecular weight excluding hydrogens is 306 g/mol. The molecule has 0 fully saturated rings. The van der Waals surface area contributed by atoms with E-state index in [2.05, 4.69) is 61.5 Å². The second kappa shape index (κ2) is 11.8. The lowest BCUT2D eigenvalue weighted by molar-refractivity contribution is 0.0415. The third-order valence-corrected chi connectivity index (χ3v) is 4.82. The minimum absolute atomic E-state index is 0.391. The van der Waals surface area contributed by atoms with Gasteiger partial charge in [0.2, 0.25) is 0 Å². The highest BCUT2D eigenvalue weighted by Gasteiger charge is 2.07. The zero-order chi connectivity index (χ0) is 17.7. The van der Waals surface area contributed by atoms with Crippen LogP contribution in [0.15, 0.2) is 54.6 Å². The minimum Gasteiger partial charge on any atom is -0.378 e. The van der Waals surface area contributed by atoms with Gasteiger partial charge in [0.05, 0.1) is 6.10 Å². The van der Waals surface area contributed by atoms with Crippen molar-refractivity contribution in [3.63, 3.8) is 0 Å². The number of ether oxygens (including phenoxy) is 1. The zero-order valence-electron chi connectivity index (χ0n) is 15.6. The van der Waals surface area contributed by atoms with E-state index < -0.39 is 0 Å². The fourth-order valence-corrected chi connectivity index (χ4v) is 3.25. The van der Waals surface area contributed by atoms with Gasteiger partial charge in [0.25, 0.3) is 0 Å². The maximum Gasteiger partial charge on any atom is 0.0572 e. The fourth-order valence-electron chi connectivity index (χ4n) is 3.25. The Hall–Kier alpha value is -1.64. The van der Waals surface area contributed by atoms with Gasteiger partial charge in [-0.1, -0.05) is 61.5 Å². The second-order valence-corrected chi connectivity index (χ2v) is 6.71. The van der Waals surface area contributed by atoms with E-state index in [4.69, 9.17) is 10.5 Å². The predicted octanol–water partition coefficient (Wildman–Crippen LogP) is 5.29. The molecule has 2 aromatic carbocycles. The SMILES string of the molecule is CCC(CCCc1ccccc1CN)OCCCCc1ccccc1. The molecule has 0 aromatic heterocycles. The molecule has 0 aliphatic rings. The van der Waals surface area contributed by atoms with E-state index >= 15 is 0 Å². The lowest BCUT2D eigenvalue weighted by Crippen LogP contribution is -2.13. The summed E-state index contributed by atoms with van der Waals surface area (Å²) in [5.41, 5.74) is 9.91. The van der Waals surface area contributed by atoms with Crippen molar-refractivity contribution in [2.45, 2.75) is 64.5 Å². The summed E-state index contributed by atoms with van der Waals surface area (Å²) >= 11 is 0. The summed E-state index contributed by atoms with van der Waals surface area (Å²) in [6.07, 6.45) is 8.37. The van der Waals surface area contributed by atoms with Crippen LogP contribution in [-0.2, 0) is 24.1 Å². The quantitative estimate of drug-likeness (QED) is 0.534. The Morgan fingerprint density at radius 3 is 2.28 bits per heavy atom. The molecule has 0 saturated carbocycles. The van der Waals surface area contributed by atoms with Crippen molar-refractivity contribution in [2.24, 2.45) is 5.73 Å². The molecule has 1 atom stereocenters. The lowest BCUT2D eigenvalue weighted by Gasteiger charge is -2.16. The Morgan fingerprint density at radius 2 is 1.56 bits per heavy atom. The fraction of sp³-hybridized carbons (Fsp3) is 0.478. The van der Waals surface area contributed by atoms with Crippen molar-refractivity contribution in [3.05, 3.63) is 71.3 Å². The molecule has 0 radical (unpaired) electrons. The van der Waals surface area contributed by atoms with Crippen LogP contribution in [0.3, 0.4) is 0 Å². The molecule has 25 heavy (non-hydrogen) atoms. The Balaban J connectivity index is 1.60. The molecular formula is C23H33NO.